The van der Waals surface area contributed by atoms with E-state index < -0.39 is 0 Å². The first-order valence-electron chi connectivity index (χ1n) is 7.76. The Hall–Kier alpha value is -2.25. The molecule has 2 amide bonds. The predicted octanol–water partition coefficient (Wildman–Crippen LogP) is 4.71. The maximum atomic E-state index is 12.6. The third kappa shape index (κ3) is 3.78. The first-order valence-corrected chi connectivity index (χ1v) is 9.37. The van der Waals surface area contributed by atoms with E-state index in [2.05, 4.69) is 15.9 Å². The lowest BCUT2D eigenvalue weighted by atomic mass is 10.1. The molecule has 0 bridgehead atoms. The Kier molecular flexibility index (Phi) is 5.38. The maximum absolute atomic E-state index is 12.6. The molecule has 0 spiro atoms. The molecule has 1 aliphatic heterocycles. The number of ether oxygens (including phenoxy) is 1. The summed E-state index contributed by atoms with van der Waals surface area (Å²) < 4.78 is 5.56. The summed E-state index contributed by atoms with van der Waals surface area (Å²) >= 11 is 4.15. The van der Waals surface area contributed by atoms with Gasteiger partial charge in [0.15, 0.2) is 11.5 Å². The number of rotatable bonds is 4. The van der Waals surface area contributed by atoms with Gasteiger partial charge in [-0.05, 0) is 64.0 Å². The Morgan fingerprint density at radius 1 is 1.23 bits per heavy atom. The van der Waals surface area contributed by atoms with Crippen LogP contribution in [0.3, 0.4) is 0 Å². The molecule has 7 heteroatoms. The van der Waals surface area contributed by atoms with E-state index in [0.717, 1.165) is 22.9 Å². The summed E-state index contributed by atoms with van der Waals surface area (Å²) in [6.07, 6.45) is 1.62. The van der Waals surface area contributed by atoms with Crippen LogP contribution in [0.15, 0.2) is 45.8 Å². The molecule has 2 aromatic rings. The number of thioether (sulfide) groups is 1. The van der Waals surface area contributed by atoms with Crippen LogP contribution in [0.25, 0.3) is 6.08 Å². The van der Waals surface area contributed by atoms with Crippen molar-refractivity contribution in [3.8, 4) is 11.5 Å². The molecule has 3 rings (SSSR count). The number of imide groups is 1. The van der Waals surface area contributed by atoms with E-state index in [4.69, 9.17) is 4.74 Å². The standard InChI is InChI=1S/C19H16BrNO4S/c1-11-3-5-12(6-4-11)10-21-18(23)16(26-19(21)24)9-13-7-14(20)17(22)15(8-13)25-2/h3-9,22H,10H2,1-2H3/b16-9+. The molecule has 0 saturated carbocycles. The summed E-state index contributed by atoms with van der Waals surface area (Å²) in [5.41, 5.74) is 2.66. The fourth-order valence-electron chi connectivity index (χ4n) is 2.50. The number of phenolic OH excluding ortho intramolecular Hbond substituents is 1. The van der Waals surface area contributed by atoms with Gasteiger partial charge in [0.25, 0.3) is 11.1 Å². The molecule has 1 aliphatic rings. The van der Waals surface area contributed by atoms with Gasteiger partial charge in [0.2, 0.25) is 0 Å². The van der Waals surface area contributed by atoms with Crippen LogP contribution in [0.4, 0.5) is 4.79 Å². The molecule has 0 radical (unpaired) electrons. The average Bonchev–Trinajstić information content (AvgIpc) is 2.87. The maximum Gasteiger partial charge on any atom is 0.293 e. The Bertz CT molecular complexity index is 909. The SMILES string of the molecule is COc1cc(/C=C2/SC(=O)N(Cc3ccc(C)cc3)C2=O)cc(Br)c1O. The molecule has 2 aromatic carbocycles. The normalized spacial score (nSPS) is 15.8. The quantitative estimate of drug-likeness (QED) is 0.707. The van der Waals surface area contributed by atoms with Crippen molar-refractivity contribution in [1.29, 1.82) is 0 Å². The number of nitrogens with zero attached hydrogens (tertiary/aromatic N) is 1. The second-order valence-corrected chi connectivity index (χ2v) is 7.65. The monoisotopic (exact) mass is 433 g/mol. The van der Waals surface area contributed by atoms with Crippen LogP contribution >= 0.6 is 27.7 Å². The number of benzene rings is 2. The van der Waals surface area contributed by atoms with Crippen LogP contribution in [-0.2, 0) is 11.3 Å². The van der Waals surface area contributed by atoms with Crippen LogP contribution in [0.2, 0.25) is 0 Å². The van der Waals surface area contributed by atoms with E-state index >= 15 is 0 Å². The molecule has 134 valence electrons. The van der Waals surface area contributed by atoms with Gasteiger partial charge in [-0.3, -0.25) is 14.5 Å². The average molecular weight is 434 g/mol. The van der Waals surface area contributed by atoms with Crippen molar-refractivity contribution in [3.63, 3.8) is 0 Å². The van der Waals surface area contributed by atoms with E-state index in [9.17, 15) is 14.7 Å². The fraction of sp³-hybridized carbons (Fsp3) is 0.158. The Morgan fingerprint density at radius 2 is 1.92 bits per heavy atom. The van der Waals surface area contributed by atoms with Crippen LogP contribution in [0.5, 0.6) is 11.5 Å². The highest BCUT2D eigenvalue weighted by molar-refractivity contribution is 9.10. The number of hydrogen-bond donors (Lipinski definition) is 1. The van der Waals surface area contributed by atoms with Crippen LogP contribution in [-0.4, -0.2) is 28.3 Å². The molecular weight excluding hydrogens is 418 g/mol. The van der Waals surface area contributed by atoms with Crippen LogP contribution in [0.1, 0.15) is 16.7 Å². The molecule has 1 N–H and O–H groups in total. The lowest BCUT2D eigenvalue weighted by Gasteiger charge is -2.12. The van der Waals surface area contributed by atoms with E-state index in [-0.39, 0.29) is 29.2 Å². The van der Waals surface area contributed by atoms with Crippen molar-refractivity contribution in [3.05, 3.63) is 62.5 Å². The van der Waals surface area contributed by atoms with Crippen molar-refractivity contribution in [1.82, 2.24) is 4.90 Å². The highest BCUT2D eigenvalue weighted by Crippen LogP contribution is 2.38. The van der Waals surface area contributed by atoms with E-state index in [1.165, 1.54) is 12.0 Å². The molecule has 1 heterocycles. The number of halogens is 1. The zero-order valence-corrected chi connectivity index (χ0v) is 16.6. The molecule has 0 aromatic heterocycles. The van der Waals surface area contributed by atoms with Crippen molar-refractivity contribution >= 4 is 44.9 Å². The summed E-state index contributed by atoms with van der Waals surface area (Å²) in [5, 5.41) is 9.58. The number of hydrogen-bond acceptors (Lipinski definition) is 5. The van der Waals surface area contributed by atoms with Gasteiger partial charge in [0.05, 0.1) is 23.0 Å². The van der Waals surface area contributed by atoms with Gasteiger partial charge in [-0.25, -0.2) is 0 Å². The van der Waals surface area contributed by atoms with Crippen molar-refractivity contribution < 1.29 is 19.4 Å². The third-order valence-corrected chi connectivity index (χ3v) is 5.42. The van der Waals surface area contributed by atoms with Gasteiger partial charge in [-0.1, -0.05) is 29.8 Å². The van der Waals surface area contributed by atoms with E-state index in [1.54, 1.807) is 18.2 Å². The third-order valence-electron chi connectivity index (χ3n) is 3.90. The molecule has 0 aliphatic carbocycles. The summed E-state index contributed by atoms with van der Waals surface area (Å²) in [7, 11) is 1.45. The van der Waals surface area contributed by atoms with Gasteiger partial charge in [-0.2, -0.15) is 0 Å². The highest BCUT2D eigenvalue weighted by Gasteiger charge is 2.35. The highest BCUT2D eigenvalue weighted by atomic mass is 79.9. The second kappa shape index (κ2) is 7.55. The molecule has 26 heavy (non-hydrogen) atoms. The molecular formula is C19H16BrNO4S. The van der Waals surface area contributed by atoms with Gasteiger partial charge in [0, 0.05) is 0 Å². The Labute approximate surface area is 163 Å². The van der Waals surface area contributed by atoms with Crippen LogP contribution < -0.4 is 4.74 Å². The fourth-order valence-corrected chi connectivity index (χ4v) is 3.79. The van der Waals surface area contributed by atoms with E-state index in [1.807, 2.05) is 31.2 Å². The number of phenols is 1. The lowest BCUT2D eigenvalue weighted by Crippen LogP contribution is -2.27. The molecule has 1 fully saturated rings. The predicted molar refractivity (Wildman–Crippen MR) is 105 cm³/mol. The Morgan fingerprint density at radius 3 is 2.58 bits per heavy atom. The molecule has 0 unspecified atom stereocenters. The first-order chi connectivity index (χ1) is 12.4. The summed E-state index contributed by atoms with van der Waals surface area (Å²) in [6, 6.07) is 11.0. The smallest absolute Gasteiger partial charge is 0.293 e. The molecule has 5 nitrogen and oxygen atoms in total. The van der Waals surface area contributed by atoms with Gasteiger partial charge in [-0.15, -0.1) is 0 Å². The Balaban J connectivity index is 1.85. The summed E-state index contributed by atoms with van der Waals surface area (Å²) in [6.45, 7) is 2.22. The zero-order valence-electron chi connectivity index (χ0n) is 14.2. The van der Waals surface area contributed by atoms with Crippen LogP contribution in [0, 0.1) is 6.92 Å². The number of carbonyl (C=O) groups is 2. The number of aromatic hydroxyl groups is 1. The number of amides is 2. The van der Waals surface area contributed by atoms with E-state index in [0.29, 0.717) is 14.9 Å². The second-order valence-electron chi connectivity index (χ2n) is 5.81. The van der Waals surface area contributed by atoms with Crippen molar-refractivity contribution in [2.45, 2.75) is 13.5 Å². The zero-order chi connectivity index (χ0) is 18.8. The van der Waals surface area contributed by atoms with Crippen molar-refractivity contribution in [2.24, 2.45) is 0 Å². The minimum atomic E-state index is -0.330. The lowest BCUT2D eigenvalue weighted by molar-refractivity contribution is -0.123. The summed E-state index contributed by atoms with van der Waals surface area (Å²) in [4.78, 5) is 26.4. The minimum Gasteiger partial charge on any atom is -0.503 e. The van der Waals surface area contributed by atoms with Gasteiger partial charge < -0.3 is 9.84 Å². The largest absolute Gasteiger partial charge is 0.503 e. The molecule has 1 saturated heterocycles. The first kappa shape index (κ1) is 18.5. The summed E-state index contributed by atoms with van der Waals surface area (Å²) in [5.74, 6) is -0.0645. The van der Waals surface area contributed by atoms with Gasteiger partial charge >= 0.3 is 0 Å². The minimum absolute atomic E-state index is 0.0166. The number of carbonyl (C=O) groups excluding carboxylic acids is 2. The topological polar surface area (TPSA) is 66.8 Å². The molecule has 0 atom stereocenters. The van der Waals surface area contributed by atoms with Gasteiger partial charge in [0.1, 0.15) is 0 Å². The number of aryl methyl sites for hydroxylation is 1. The van der Waals surface area contributed by atoms with Crippen molar-refractivity contribution in [2.75, 3.05) is 7.11 Å². The number of methoxy groups -OCH3 is 1.